The zero-order valence-corrected chi connectivity index (χ0v) is 17.3. The molecule has 9 nitrogen and oxygen atoms in total. The Kier molecular flexibility index (Phi) is 5.91. The Morgan fingerprint density at radius 3 is 2.62 bits per heavy atom. The Morgan fingerprint density at radius 2 is 1.91 bits per heavy atom. The number of fused-ring (bicyclic) bond motifs is 1. The molecule has 0 aliphatic heterocycles. The van der Waals surface area contributed by atoms with Crippen molar-refractivity contribution in [2.45, 2.75) is 13.1 Å². The van der Waals surface area contributed by atoms with Gasteiger partial charge in [-0.2, -0.15) is 5.10 Å². The zero-order chi connectivity index (χ0) is 22.7. The molecule has 0 aliphatic rings. The van der Waals surface area contributed by atoms with Crippen molar-refractivity contribution >= 4 is 34.0 Å². The molecule has 0 atom stereocenters. The number of carbonyl (C=O) groups excluding carboxylic acids is 1. The molecule has 0 unspecified atom stereocenters. The first-order chi connectivity index (χ1) is 15.4. The van der Waals surface area contributed by atoms with Crippen LogP contribution in [-0.4, -0.2) is 25.6 Å². The van der Waals surface area contributed by atoms with Crippen molar-refractivity contribution in [2.75, 3.05) is 0 Å². The van der Waals surface area contributed by atoms with E-state index in [0.29, 0.717) is 16.5 Å². The van der Waals surface area contributed by atoms with E-state index in [1.165, 1.54) is 16.8 Å². The fourth-order valence-electron chi connectivity index (χ4n) is 3.27. The van der Waals surface area contributed by atoms with E-state index in [1.54, 1.807) is 42.7 Å². The average Bonchev–Trinajstić information content (AvgIpc) is 2.80. The number of hydrogen-bond donors (Lipinski definition) is 1. The van der Waals surface area contributed by atoms with Gasteiger partial charge in [0.25, 0.3) is 17.2 Å². The van der Waals surface area contributed by atoms with E-state index in [4.69, 9.17) is 11.6 Å². The third-order valence-electron chi connectivity index (χ3n) is 4.82. The van der Waals surface area contributed by atoms with Crippen LogP contribution in [0.5, 0.6) is 0 Å². The van der Waals surface area contributed by atoms with Gasteiger partial charge in [0.15, 0.2) is 0 Å². The van der Waals surface area contributed by atoms with Gasteiger partial charge < -0.3 is 5.32 Å². The van der Waals surface area contributed by atoms with Crippen LogP contribution in [0.25, 0.3) is 10.8 Å². The molecule has 2 aromatic heterocycles. The summed E-state index contributed by atoms with van der Waals surface area (Å²) in [5.74, 6) is -0.588. The standard InChI is InChI=1S/C22H16ClN5O4/c23-19-8-7-15(28(31)32)10-18(19)21(29)25-12-20-16-5-1-2-6-17(16)22(30)27(26-20)13-14-4-3-9-24-11-14/h1-11H,12-13H2,(H,25,29). The Labute approximate surface area is 186 Å². The maximum absolute atomic E-state index is 12.9. The lowest BCUT2D eigenvalue weighted by molar-refractivity contribution is -0.384. The minimum absolute atomic E-state index is 0.00825. The smallest absolute Gasteiger partial charge is 0.274 e. The third kappa shape index (κ3) is 4.33. The number of nitrogens with one attached hydrogen (secondary N) is 1. The molecule has 0 saturated carbocycles. The summed E-state index contributed by atoms with van der Waals surface area (Å²) in [6.45, 7) is 0.209. The number of halogens is 1. The number of pyridine rings is 1. The quantitative estimate of drug-likeness (QED) is 0.356. The number of non-ortho nitro benzene ring substituents is 1. The molecule has 0 bridgehead atoms. The maximum atomic E-state index is 12.9. The molecule has 0 spiro atoms. The Balaban J connectivity index is 1.66. The third-order valence-corrected chi connectivity index (χ3v) is 5.15. The molecule has 0 saturated heterocycles. The van der Waals surface area contributed by atoms with Gasteiger partial charge in [0.2, 0.25) is 0 Å². The molecule has 160 valence electrons. The number of nitrogens with zero attached hydrogens (tertiary/aromatic N) is 4. The lowest BCUT2D eigenvalue weighted by atomic mass is 10.1. The van der Waals surface area contributed by atoms with Crippen molar-refractivity contribution in [3.05, 3.63) is 109 Å². The largest absolute Gasteiger partial charge is 0.346 e. The van der Waals surface area contributed by atoms with Gasteiger partial charge in [-0.1, -0.05) is 35.9 Å². The fraction of sp³-hybridized carbons (Fsp3) is 0.0909. The minimum Gasteiger partial charge on any atom is -0.346 e. The van der Waals surface area contributed by atoms with E-state index in [0.717, 1.165) is 11.6 Å². The molecular weight excluding hydrogens is 434 g/mol. The van der Waals surface area contributed by atoms with Crippen molar-refractivity contribution in [3.8, 4) is 0 Å². The average molecular weight is 450 g/mol. The highest BCUT2D eigenvalue weighted by atomic mass is 35.5. The van der Waals surface area contributed by atoms with Crippen LogP contribution in [0.3, 0.4) is 0 Å². The number of nitro groups is 1. The Morgan fingerprint density at radius 1 is 1.12 bits per heavy atom. The van der Waals surface area contributed by atoms with Crippen LogP contribution >= 0.6 is 11.6 Å². The monoisotopic (exact) mass is 449 g/mol. The van der Waals surface area contributed by atoms with Crippen molar-refractivity contribution < 1.29 is 9.72 Å². The van der Waals surface area contributed by atoms with E-state index < -0.39 is 10.8 Å². The number of nitro benzene ring substituents is 1. The summed E-state index contributed by atoms with van der Waals surface area (Å²) in [7, 11) is 0. The van der Waals surface area contributed by atoms with Gasteiger partial charge in [0, 0.05) is 29.9 Å². The van der Waals surface area contributed by atoms with Gasteiger partial charge in [-0.05, 0) is 23.8 Å². The normalized spacial score (nSPS) is 10.8. The van der Waals surface area contributed by atoms with Crippen molar-refractivity contribution in [2.24, 2.45) is 0 Å². The first kappa shape index (κ1) is 21.1. The fourth-order valence-corrected chi connectivity index (χ4v) is 3.47. The van der Waals surface area contributed by atoms with Crippen molar-refractivity contribution in [1.82, 2.24) is 20.1 Å². The van der Waals surface area contributed by atoms with Crippen molar-refractivity contribution in [3.63, 3.8) is 0 Å². The first-order valence-electron chi connectivity index (χ1n) is 9.54. The Hall–Kier alpha value is -4.11. The lowest BCUT2D eigenvalue weighted by Gasteiger charge is -2.12. The highest BCUT2D eigenvalue weighted by Crippen LogP contribution is 2.22. The molecule has 0 fully saturated rings. The first-order valence-corrected chi connectivity index (χ1v) is 9.91. The van der Waals surface area contributed by atoms with Crippen molar-refractivity contribution in [1.29, 1.82) is 0 Å². The van der Waals surface area contributed by atoms with E-state index in [9.17, 15) is 19.7 Å². The minimum atomic E-state index is -0.601. The van der Waals surface area contributed by atoms with Gasteiger partial charge in [0.05, 0.1) is 39.7 Å². The molecule has 1 N–H and O–H groups in total. The SMILES string of the molecule is O=C(NCc1nn(Cc2cccnc2)c(=O)c2ccccc12)c1cc([N+](=O)[O-])ccc1Cl. The van der Waals surface area contributed by atoms with Gasteiger partial charge in [-0.15, -0.1) is 0 Å². The maximum Gasteiger partial charge on any atom is 0.274 e. The Bertz CT molecular complexity index is 1390. The predicted molar refractivity (Wildman–Crippen MR) is 119 cm³/mol. The summed E-state index contributed by atoms with van der Waals surface area (Å²) in [6, 6.07) is 14.2. The number of rotatable bonds is 6. The topological polar surface area (TPSA) is 120 Å². The van der Waals surface area contributed by atoms with Crippen LogP contribution in [0.15, 0.2) is 71.8 Å². The van der Waals surface area contributed by atoms with Crippen LogP contribution in [0, 0.1) is 10.1 Å². The number of carbonyl (C=O) groups is 1. The number of amides is 1. The molecule has 0 aliphatic carbocycles. The molecule has 2 heterocycles. The van der Waals surface area contributed by atoms with Crippen LogP contribution in [0.1, 0.15) is 21.6 Å². The van der Waals surface area contributed by atoms with E-state index in [1.807, 2.05) is 6.07 Å². The summed E-state index contributed by atoms with van der Waals surface area (Å²) < 4.78 is 1.32. The van der Waals surface area contributed by atoms with Crippen LogP contribution < -0.4 is 10.9 Å². The molecule has 32 heavy (non-hydrogen) atoms. The summed E-state index contributed by atoms with van der Waals surface area (Å²) in [4.78, 5) is 40.0. The van der Waals surface area contributed by atoms with Gasteiger partial charge >= 0.3 is 0 Å². The molecule has 0 radical (unpaired) electrons. The molecule has 4 rings (SSSR count). The highest BCUT2D eigenvalue weighted by Gasteiger charge is 2.17. The number of benzene rings is 2. The summed E-state index contributed by atoms with van der Waals surface area (Å²) in [5, 5.41) is 19.3. The van der Waals surface area contributed by atoms with Crippen LogP contribution in [-0.2, 0) is 13.1 Å². The summed E-state index contributed by atoms with van der Waals surface area (Å²) in [6.07, 6.45) is 3.29. The number of hydrogen-bond acceptors (Lipinski definition) is 6. The van der Waals surface area contributed by atoms with Crippen LogP contribution in [0.2, 0.25) is 5.02 Å². The molecule has 4 aromatic rings. The van der Waals surface area contributed by atoms with E-state index in [2.05, 4.69) is 15.4 Å². The molecule has 10 heteroatoms. The second-order valence-corrected chi connectivity index (χ2v) is 7.33. The zero-order valence-electron chi connectivity index (χ0n) is 16.6. The van der Waals surface area contributed by atoms with Gasteiger partial charge in [-0.25, -0.2) is 4.68 Å². The van der Waals surface area contributed by atoms with Gasteiger partial charge in [0.1, 0.15) is 0 Å². The second-order valence-electron chi connectivity index (χ2n) is 6.92. The molecular formula is C22H16ClN5O4. The number of aromatic nitrogens is 3. The summed E-state index contributed by atoms with van der Waals surface area (Å²) >= 11 is 6.06. The second kappa shape index (κ2) is 8.94. The predicted octanol–water partition coefficient (Wildman–Crippen LogP) is 3.33. The van der Waals surface area contributed by atoms with Gasteiger partial charge in [-0.3, -0.25) is 24.7 Å². The van der Waals surface area contributed by atoms with E-state index in [-0.39, 0.29) is 34.9 Å². The molecule has 1 amide bonds. The molecule has 2 aromatic carbocycles. The highest BCUT2D eigenvalue weighted by molar-refractivity contribution is 6.33. The van der Waals surface area contributed by atoms with E-state index >= 15 is 0 Å². The van der Waals surface area contributed by atoms with Crippen LogP contribution in [0.4, 0.5) is 5.69 Å². The summed E-state index contributed by atoms with van der Waals surface area (Å²) in [5.41, 5.74) is 0.748. The lowest BCUT2D eigenvalue weighted by Crippen LogP contribution is -2.29.